The van der Waals surface area contributed by atoms with E-state index in [9.17, 15) is 9.18 Å². The van der Waals surface area contributed by atoms with Gasteiger partial charge in [-0.25, -0.2) is 4.39 Å². The number of primary amides is 1. The first-order valence-corrected chi connectivity index (χ1v) is 5.63. The number of amides is 1. The van der Waals surface area contributed by atoms with Crippen LogP contribution in [-0.2, 0) is 6.61 Å². The van der Waals surface area contributed by atoms with Crippen LogP contribution in [0.2, 0.25) is 0 Å². The number of nitrogen functional groups attached to an aromatic ring is 1. The van der Waals surface area contributed by atoms with Gasteiger partial charge in [0.1, 0.15) is 18.2 Å². The molecule has 98 valence electrons. The number of ether oxygens (including phenoxy) is 1. The molecule has 0 spiro atoms. The van der Waals surface area contributed by atoms with E-state index in [-0.39, 0.29) is 12.3 Å². The molecule has 19 heavy (non-hydrogen) atoms. The summed E-state index contributed by atoms with van der Waals surface area (Å²) in [4.78, 5) is 11.0. The number of hydrogen-bond acceptors (Lipinski definition) is 3. The first kappa shape index (κ1) is 12.9. The van der Waals surface area contributed by atoms with Crippen molar-refractivity contribution in [2.24, 2.45) is 5.73 Å². The van der Waals surface area contributed by atoms with E-state index in [1.165, 1.54) is 12.1 Å². The third kappa shape index (κ3) is 3.22. The lowest BCUT2D eigenvalue weighted by Crippen LogP contribution is -2.11. The van der Waals surface area contributed by atoms with E-state index < -0.39 is 11.7 Å². The Labute approximate surface area is 109 Å². The number of carbonyl (C=O) groups excluding carboxylic acids is 1. The zero-order valence-electron chi connectivity index (χ0n) is 10.1. The zero-order chi connectivity index (χ0) is 13.8. The number of carbonyl (C=O) groups is 1. The fourth-order valence-electron chi connectivity index (χ4n) is 1.58. The SMILES string of the molecule is NC(=O)c1cccc(COc2ccc(N)c(F)c2)c1. The van der Waals surface area contributed by atoms with Gasteiger partial charge < -0.3 is 16.2 Å². The maximum atomic E-state index is 13.2. The van der Waals surface area contributed by atoms with Crippen LogP contribution in [0.3, 0.4) is 0 Å². The second kappa shape index (κ2) is 5.39. The minimum Gasteiger partial charge on any atom is -0.489 e. The molecule has 1 amide bonds. The summed E-state index contributed by atoms with van der Waals surface area (Å²) in [5.74, 6) is -0.653. The standard InChI is InChI=1S/C14H13FN2O2/c15-12-7-11(4-5-13(12)16)19-8-9-2-1-3-10(6-9)14(17)18/h1-7H,8,16H2,(H2,17,18). The summed E-state index contributed by atoms with van der Waals surface area (Å²) >= 11 is 0. The average Bonchev–Trinajstić information content (AvgIpc) is 2.40. The predicted octanol–water partition coefficient (Wildman–Crippen LogP) is 2.09. The molecule has 0 bridgehead atoms. The van der Waals surface area contributed by atoms with Gasteiger partial charge in [0.15, 0.2) is 0 Å². The molecule has 0 saturated heterocycles. The van der Waals surface area contributed by atoms with Crippen molar-refractivity contribution < 1.29 is 13.9 Å². The monoisotopic (exact) mass is 260 g/mol. The third-order valence-electron chi connectivity index (χ3n) is 2.59. The number of nitrogens with two attached hydrogens (primary N) is 2. The number of rotatable bonds is 4. The van der Waals surface area contributed by atoms with Gasteiger partial charge in [-0.1, -0.05) is 12.1 Å². The van der Waals surface area contributed by atoms with Crippen molar-refractivity contribution in [1.29, 1.82) is 0 Å². The highest BCUT2D eigenvalue weighted by Gasteiger charge is 2.04. The summed E-state index contributed by atoms with van der Waals surface area (Å²) in [6.45, 7) is 0.213. The molecule has 0 aliphatic heterocycles. The van der Waals surface area contributed by atoms with Crippen LogP contribution in [0.1, 0.15) is 15.9 Å². The van der Waals surface area contributed by atoms with Gasteiger partial charge >= 0.3 is 0 Å². The molecule has 4 nitrogen and oxygen atoms in total. The summed E-state index contributed by atoms with van der Waals surface area (Å²) in [6, 6.07) is 11.0. The van der Waals surface area contributed by atoms with E-state index in [1.54, 1.807) is 30.3 Å². The Morgan fingerprint density at radius 2 is 2.00 bits per heavy atom. The van der Waals surface area contributed by atoms with Crippen LogP contribution < -0.4 is 16.2 Å². The lowest BCUT2D eigenvalue weighted by molar-refractivity contribution is 0.1000. The van der Waals surface area contributed by atoms with Crippen LogP contribution in [0.5, 0.6) is 5.75 Å². The van der Waals surface area contributed by atoms with E-state index in [1.807, 2.05) is 0 Å². The summed E-state index contributed by atoms with van der Waals surface area (Å²) < 4.78 is 18.6. The second-order valence-corrected chi connectivity index (χ2v) is 4.04. The molecule has 0 atom stereocenters. The Morgan fingerprint density at radius 1 is 1.21 bits per heavy atom. The molecular weight excluding hydrogens is 247 g/mol. The highest BCUT2D eigenvalue weighted by Crippen LogP contribution is 2.19. The van der Waals surface area contributed by atoms with E-state index in [0.29, 0.717) is 11.3 Å². The van der Waals surface area contributed by atoms with Crippen LogP contribution in [0.25, 0.3) is 0 Å². The number of halogens is 1. The molecule has 2 aromatic carbocycles. The summed E-state index contributed by atoms with van der Waals surface area (Å²) in [6.07, 6.45) is 0. The van der Waals surface area contributed by atoms with Gasteiger partial charge in [0, 0.05) is 11.6 Å². The maximum Gasteiger partial charge on any atom is 0.248 e. The Hall–Kier alpha value is -2.56. The fraction of sp³-hybridized carbons (Fsp3) is 0.0714. The zero-order valence-corrected chi connectivity index (χ0v) is 10.1. The lowest BCUT2D eigenvalue weighted by atomic mass is 10.1. The molecule has 0 aliphatic rings. The van der Waals surface area contributed by atoms with Gasteiger partial charge in [0.05, 0.1) is 5.69 Å². The van der Waals surface area contributed by atoms with Crippen LogP contribution in [-0.4, -0.2) is 5.91 Å². The van der Waals surface area contributed by atoms with Gasteiger partial charge in [-0.2, -0.15) is 0 Å². The average molecular weight is 260 g/mol. The highest BCUT2D eigenvalue weighted by molar-refractivity contribution is 5.92. The Morgan fingerprint density at radius 3 is 2.68 bits per heavy atom. The molecule has 0 unspecified atom stereocenters. The molecule has 0 heterocycles. The molecule has 5 heteroatoms. The van der Waals surface area contributed by atoms with E-state index in [0.717, 1.165) is 5.56 Å². The normalized spacial score (nSPS) is 10.2. The molecule has 2 rings (SSSR count). The van der Waals surface area contributed by atoms with Gasteiger partial charge in [-0.15, -0.1) is 0 Å². The first-order chi connectivity index (χ1) is 9.06. The van der Waals surface area contributed by atoms with E-state index >= 15 is 0 Å². The molecular formula is C14H13FN2O2. The van der Waals surface area contributed by atoms with Crippen molar-refractivity contribution in [2.75, 3.05) is 5.73 Å². The molecule has 0 fully saturated rings. The predicted molar refractivity (Wildman–Crippen MR) is 70.1 cm³/mol. The fourth-order valence-corrected chi connectivity index (χ4v) is 1.58. The Kier molecular flexibility index (Phi) is 3.66. The molecule has 0 radical (unpaired) electrons. The first-order valence-electron chi connectivity index (χ1n) is 5.63. The van der Waals surface area contributed by atoms with Crippen LogP contribution >= 0.6 is 0 Å². The molecule has 4 N–H and O–H groups in total. The minimum absolute atomic E-state index is 0.0723. The van der Waals surface area contributed by atoms with E-state index in [2.05, 4.69) is 0 Å². The van der Waals surface area contributed by atoms with Crippen molar-refractivity contribution in [1.82, 2.24) is 0 Å². The maximum absolute atomic E-state index is 13.2. The molecule has 2 aromatic rings. The van der Waals surface area contributed by atoms with Crippen LogP contribution in [0.15, 0.2) is 42.5 Å². The van der Waals surface area contributed by atoms with Crippen LogP contribution in [0, 0.1) is 5.82 Å². The Balaban J connectivity index is 2.07. The van der Waals surface area contributed by atoms with Crippen LogP contribution in [0.4, 0.5) is 10.1 Å². The molecule has 0 aliphatic carbocycles. The summed E-state index contributed by atoms with van der Waals surface area (Å²) in [5.41, 5.74) is 11.8. The quantitative estimate of drug-likeness (QED) is 0.826. The highest BCUT2D eigenvalue weighted by atomic mass is 19.1. The second-order valence-electron chi connectivity index (χ2n) is 4.04. The van der Waals surface area contributed by atoms with E-state index in [4.69, 9.17) is 16.2 Å². The molecule has 0 saturated carbocycles. The van der Waals surface area contributed by atoms with Crippen molar-refractivity contribution in [3.63, 3.8) is 0 Å². The summed E-state index contributed by atoms with van der Waals surface area (Å²) in [5, 5.41) is 0. The number of anilines is 1. The largest absolute Gasteiger partial charge is 0.489 e. The topological polar surface area (TPSA) is 78.3 Å². The minimum atomic E-state index is -0.525. The number of hydrogen-bond donors (Lipinski definition) is 2. The third-order valence-corrected chi connectivity index (χ3v) is 2.59. The smallest absolute Gasteiger partial charge is 0.248 e. The van der Waals surface area contributed by atoms with Crippen molar-refractivity contribution >= 4 is 11.6 Å². The van der Waals surface area contributed by atoms with Gasteiger partial charge in [-0.05, 0) is 29.8 Å². The van der Waals surface area contributed by atoms with Gasteiger partial charge in [0.25, 0.3) is 0 Å². The Bertz CT molecular complexity index is 614. The van der Waals surface area contributed by atoms with Crippen molar-refractivity contribution in [3.8, 4) is 5.75 Å². The lowest BCUT2D eigenvalue weighted by Gasteiger charge is -2.08. The summed E-state index contributed by atoms with van der Waals surface area (Å²) in [7, 11) is 0. The van der Waals surface area contributed by atoms with Crippen molar-refractivity contribution in [2.45, 2.75) is 6.61 Å². The number of benzene rings is 2. The van der Waals surface area contributed by atoms with Gasteiger partial charge in [-0.3, -0.25) is 4.79 Å². The molecule has 0 aromatic heterocycles. The van der Waals surface area contributed by atoms with Gasteiger partial charge in [0.2, 0.25) is 5.91 Å². The van der Waals surface area contributed by atoms with Crippen molar-refractivity contribution in [3.05, 3.63) is 59.4 Å².